The Balaban J connectivity index is 1.89. The molecular weight excluding hydrogens is 310 g/mol. The molecule has 1 aliphatic rings. The summed E-state index contributed by atoms with van der Waals surface area (Å²) >= 11 is 0. The number of hydrogen-bond acceptors (Lipinski definition) is 5. The maximum Gasteiger partial charge on any atom is 0.328 e. The second kappa shape index (κ2) is 6.76. The highest BCUT2D eigenvalue weighted by Crippen LogP contribution is 2.18. The van der Waals surface area contributed by atoms with Crippen LogP contribution in [0, 0.1) is 6.92 Å². The number of amides is 1. The van der Waals surface area contributed by atoms with Gasteiger partial charge in [0.1, 0.15) is 0 Å². The molecule has 7 heteroatoms. The van der Waals surface area contributed by atoms with Gasteiger partial charge in [0.2, 0.25) is 0 Å². The minimum absolute atomic E-state index is 0.0108. The molecule has 0 radical (unpaired) electrons. The molecule has 124 valence electrons. The number of aromatic nitrogens is 2. The van der Waals surface area contributed by atoms with E-state index >= 15 is 0 Å². The number of carboxylic acids is 1. The van der Waals surface area contributed by atoms with Gasteiger partial charge in [0.05, 0.1) is 24.5 Å². The summed E-state index contributed by atoms with van der Waals surface area (Å²) < 4.78 is 5.16. The summed E-state index contributed by atoms with van der Waals surface area (Å²) in [6.07, 6.45) is 1.46. The second-order valence-electron chi connectivity index (χ2n) is 5.49. The van der Waals surface area contributed by atoms with Crippen LogP contribution in [0.4, 0.5) is 0 Å². The van der Waals surface area contributed by atoms with E-state index in [1.54, 1.807) is 6.92 Å². The maximum atomic E-state index is 12.7. The first-order chi connectivity index (χ1) is 11.6. The van der Waals surface area contributed by atoms with Crippen LogP contribution in [-0.4, -0.2) is 57.7 Å². The summed E-state index contributed by atoms with van der Waals surface area (Å²) in [5.74, 6) is -0.938. The molecule has 2 aromatic rings. The fraction of sp³-hybridized carbons (Fsp3) is 0.294. The zero-order valence-corrected chi connectivity index (χ0v) is 13.2. The summed E-state index contributed by atoms with van der Waals surface area (Å²) in [5.41, 5.74) is 1.68. The lowest BCUT2D eigenvalue weighted by Crippen LogP contribution is -2.52. The van der Waals surface area contributed by atoms with Gasteiger partial charge in [-0.05, 0) is 6.92 Å². The summed E-state index contributed by atoms with van der Waals surface area (Å²) in [5, 5.41) is 9.26. The van der Waals surface area contributed by atoms with E-state index < -0.39 is 12.0 Å². The molecule has 3 rings (SSSR count). The summed E-state index contributed by atoms with van der Waals surface area (Å²) in [4.78, 5) is 34.0. The third-order valence-corrected chi connectivity index (χ3v) is 3.92. The van der Waals surface area contributed by atoms with Crippen molar-refractivity contribution < 1.29 is 19.4 Å². The quantitative estimate of drug-likeness (QED) is 0.915. The Bertz CT molecular complexity index is 764. The highest BCUT2D eigenvalue weighted by Gasteiger charge is 2.34. The van der Waals surface area contributed by atoms with E-state index in [-0.39, 0.29) is 19.1 Å². The van der Waals surface area contributed by atoms with E-state index in [4.69, 9.17) is 4.74 Å². The molecule has 2 heterocycles. The lowest BCUT2D eigenvalue weighted by molar-refractivity contribution is -0.147. The van der Waals surface area contributed by atoms with Crippen molar-refractivity contribution in [1.82, 2.24) is 14.9 Å². The van der Waals surface area contributed by atoms with E-state index in [0.717, 1.165) is 5.56 Å². The van der Waals surface area contributed by atoms with Crippen LogP contribution in [0.25, 0.3) is 11.4 Å². The third-order valence-electron chi connectivity index (χ3n) is 3.92. The fourth-order valence-corrected chi connectivity index (χ4v) is 2.61. The summed E-state index contributed by atoms with van der Waals surface area (Å²) in [6, 6.07) is 8.46. The molecule has 0 saturated carbocycles. The van der Waals surface area contributed by atoms with Crippen molar-refractivity contribution in [1.29, 1.82) is 0 Å². The van der Waals surface area contributed by atoms with Gasteiger partial charge in [0.25, 0.3) is 5.91 Å². The zero-order chi connectivity index (χ0) is 17.1. The number of carbonyl (C=O) groups is 2. The van der Waals surface area contributed by atoms with Crippen molar-refractivity contribution in [3.63, 3.8) is 0 Å². The van der Waals surface area contributed by atoms with Crippen LogP contribution in [0.15, 0.2) is 36.5 Å². The molecule has 1 aliphatic heterocycles. The molecule has 1 atom stereocenters. The van der Waals surface area contributed by atoms with Crippen molar-refractivity contribution in [2.24, 2.45) is 0 Å². The van der Waals surface area contributed by atoms with Crippen molar-refractivity contribution in [3.05, 3.63) is 47.8 Å². The zero-order valence-electron chi connectivity index (χ0n) is 13.2. The molecule has 0 aliphatic carbocycles. The predicted octanol–water partition coefficient (Wildman–Crippen LogP) is 1.38. The van der Waals surface area contributed by atoms with Gasteiger partial charge < -0.3 is 14.7 Å². The molecule has 24 heavy (non-hydrogen) atoms. The topological polar surface area (TPSA) is 92.6 Å². The highest BCUT2D eigenvalue weighted by molar-refractivity contribution is 5.97. The largest absolute Gasteiger partial charge is 0.480 e. The predicted molar refractivity (Wildman–Crippen MR) is 85.5 cm³/mol. The van der Waals surface area contributed by atoms with Crippen molar-refractivity contribution in [3.8, 4) is 11.4 Å². The number of carbonyl (C=O) groups excluding carboxylic acids is 1. The first-order valence-corrected chi connectivity index (χ1v) is 7.58. The van der Waals surface area contributed by atoms with Crippen LogP contribution >= 0.6 is 0 Å². The molecular formula is C17H17N3O4. The molecule has 1 saturated heterocycles. The lowest BCUT2D eigenvalue weighted by atomic mass is 10.1. The van der Waals surface area contributed by atoms with Gasteiger partial charge in [-0.25, -0.2) is 14.8 Å². The lowest BCUT2D eigenvalue weighted by Gasteiger charge is -2.33. The number of rotatable bonds is 3. The maximum absolute atomic E-state index is 12.7. The average Bonchev–Trinajstić information content (AvgIpc) is 2.62. The molecule has 7 nitrogen and oxygen atoms in total. The molecule has 0 bridgehead atoms. The van der Waals surface area contributed by atoms with E-state index in [2.05, 4.69) is 9.97 Å². The SMILES string of the molecule is Cc1nc(-c2ccccc2)ncc1C(=O)N1CCOCC1C(=O)O. The highest BCUT2D eigenvalue weighted by atomic mass is 16.5. The number of benzene rings is 1. The smallest absolute Gasteiger partial charge is 0.328 e. The average molecular weight is 327 g/mol. The Morgan fingerprint density at radius 3 is 2.71 bits per heavy atom. The fourth-order valence-electron chi connectivity index (χ4n) is 2.61. The minimum atomic E-state index is -1.08. The van der Waals surface area contributed by atoms with Gasteiger partial charge in [-0.3, -0.25) is 4.79 Å². The first kappa shape index (κ1) is 16.1. The van der Waals surface area contributed by atoms with E-state index in [9.17, 15) is 14.7 Å². The normalized spacial score (nSPS) is 17.5. The summed E-state index contributed by atoms with van der Waals surface area (Å²) in [7, 11) is 0. The molecule has 1 N–H and O–H groups in total. The van der Waals surface area contributed by atoms with Crippen LogP contribution in [0.2, 0.25) is 0 Å². The Morgan fingerprint density at radius 2 is 2.04 bits per heavy atom. The van der Waals surface area contributed by atoms with Crippen molar-refractivity contribution in [2.45, 2.75) is 13.0 Å². The number of aryl methyl sites for hydroxylation is 1. The van der Waals surface area contributed by atoms with Crippen LogP contribution in [0.5, 0.6) is 0 Å². The van der Waals surface area contributed by atoms with E-state index in [1.165, 1.54) is 11.1 Å². The van der Waals surface area contributed by atoms with Crippen LogP contribution in [0.3, 0.4) is 0 Å². The van der Waals surface area contributed by atoms with Gasteiger partial charge in [0, 0.05) is 18.3 Å². The number of ether oxygens (including phenoxy) is 1. The van der Waals surface area contributed by atoms with Crippen LogP contribution in [0.1, 0.15) is 16.1 Å². The second-order valence-corrected chi connectivity index (χ2v) is 5.49. The van der Waals surface area contributed by atoms with Gasteiger partial charge in [-0.1, -0.05) is 30.3 Å². The third kappa shape index (κ3) is 3.11. The number of aliphatic carboxylic acids is 1. The van der Waals surface area contributed by atoms with Gasteiger partial charge in [0.15, 0.2) is 11.9 Å². The Kier molecular flexibility index (Phi) is 4.52. The van der Waals surface area contributed by atoms with Crippen molar-refractivity contribution in [2.75, 3.05) is 19.8 Å². The van der Waals surface area contributed by atoms with E-state index in [0.29, 0.717) is 23.7 Å². The van der Waals surface area contributed by atoms with E-state index in [1.807, 2.05) is 30.3 Å². The van der Waals surface area contributed by atoms with Crippen LogP contribution < -0.4 is 0 Å². The number of hydrogen-bond donors (Lipinski definition) is 1. The number of carboxylic acid groups (broad SMARTS) is 1. The first-order valence-electron chi connectivity index (χ1n) is 7.58. The number of nitrogens with zero attached hydrogens (tertiary/aromatic N) is 3. The molecule has 1 unspecified atom stereocenters. The Morgan fingerprint density at radius 1 is 1.29 bits per heavy atom. The monoisotopic (exact) mass is 327 g/mol. The van der Waals surface area contributed by atoms with Gasteiger partial charge in [-0.2, -0.15) is 0 Å². The molecule has 0 spiro atoms. The molecule has 1 aromatic carbocycles. The van der Waals surface area contributed by atoms with Gasteiger partial charge >= 0.3 is 5.97 Å². The molecule has 1 fully saturated rings. The van der Waals surface area contributed by atoms with Crippen LogP contribution in [-0.2, 0) is 9.53 Å². The Hall–Kier alpha value is -2.80. The van der Waals surface area contributed by atoms with Crippen molar-refractivity contribution >= 4 is 11.9 Å². The minimum Gasteiger partial charge on any atom is -0.480 e. The number of morpholine rings is 1. The van der Waals surface area contributed by atoms with Gasteiger partial charge in [-0.15, -0.1) is 0 Å². The Labute approximate surface area is 138 Å². The summed E-state index contributed by atoms with van der Waals surface area (Å²) in [6.45, 7) is 2.26. The standard InChI is InChI=1S/C17H17N3O4/c1-11-13(9-18-15(19-11)12-5-3-2-4-6-12)16(21)20-7-8-24-10-14(20)17(22)23/h2-6,9,14H,7-8,10H2,1H3,(H,22,23). The molecule has 1 amide bonds. The molecule has 1 aromatic heterocycles.